The van der Waals surface area contributed by atoms with E-state index in [9.17, 15) is 4.79 Å². The molecule has 1 amide bonds. The van der Waals surface area contributed by atoms with E-state index < -0.39 is 0 Å². The van der Waals surface area contributed by atoms with Crippen LogP contribution in [0.5, 0.6) is 11.5 Å². The summed E-state index contributed by atoms with van der Waals surface area (Å²) in [4.78, 5) is 15.3. The van der Waals surface area contributed by atoms with Gasteiger partial charge in [-0.3, -0.25) is 4.79 Å². The monoisotopic (exact) mass is 465 g/mol. The highest BCUT2D eigenvalue weighted by Gasteiger charge is 2.44. The van der Waals surface area contributed by atoms with Gasteiger partial charge in [0.25, 0.3) is 5.91 Å². The number of hydrogen-bond acceptors (Lipinski definition) is 4. The lowest BCUT2D eigenvalue weighted by Gasteiger charge is -2.49. The summed E-state index contributed by atoms with van der Waals surface area (Å²) in [6.07, 6.45) is 6.58. The van der Waals surface area contributed by atoms with Gasteiger partial charge in [-0.2, -0.15) is 0 Å². The first-order valence-electron chi connectivity index (χ1n) is 12.8. The fourth-order valence-corrected chi connectivity index (χ4v) is 5.58. The van der Waals surface area contributed by atoms with E-state index in [4.69, 9.17) is 14.2 Å². The number of nitrogens with zero attached hydrogens (tertiary/aromatic N) is 1. The van der Waals surface area contributed by atoms with Gasteiger partial charge in [-0.05, 0) is 69.2 Å². The maximum Gasteiger partial charge on any atom is 0.253 e. The number of hydrogen-bond donors (Lipinski definition) is 0. The number of carbonyl (C=O) groups excluding carboxylic acids is 1. The molecule has 0 bridgehead atoms. The summed E-state index contributed by atoms with van der Waals surface area (Å²) in [5, 5.41) is 0. The third-order valence-corrected chi connectivity index (χ3v) is 7.20. The van der Waals surface area contributed by atoms with Crippen LogP contribution in [-0.2, 0) is 4.74 Å². The van der Waals surface area contributed by atoms with Crippen molar-refractivity contribution in [2.24, 2.45) is 5.92 Å². The normalized spacial score (nSPS) is 22.1. The lowest BCUT2D eigenvalue weighted by molar-refractivity contribution is -0.169. The van der Waals surface area contributed by atoms with Crippen LogP contribution in [0.25, 0.3) is 0 Å². The first kappa shape index (κ1) is 24.6. The highest BCUT2D eigenvalue weighted by Crippen LogP contribution is 2.46. The molecule has 1 spiro atoms. The van der Waals surface area contributed by atoms with Gasteiger partial charge in [-0.25, -0.2) is 0 Å². The molecule has 184 valence electrons. The van der Waals surface area contributed by atoms with Crippen LogP contribution in [0.1, 0.15) is 81.3 Å². The summed E-state index contributed by atoms with van der Waals surface area (Å²) in [5.41, 5.74) is 1.78. The summed E-state index contributed by atoms with van der Waals surface area (Å²) >= 11 is 0. The van der Waals surface area contributed by atoms with E-state index >= 15 is 0 Å². The molecule has 2 heterocycles. The van der Waals surface area contributed by atoms with Crippen molar-refractivity contribution in [2.75, 3.05) is 20.2 Å². The molecule has 5 heteroatoms. The molecule has 2 atom stereocenters. The molecule has 0 saturated carbocycles. The highest BCUT2D eigenvalue weighted by molar-refractivity contribution is 5.95. The quantitative estimate of drug-likeness (QED) is 0.473. The molecule has 2 aliphatic rings. The van der Waals surface area contributed by atoms with Crippen molar-refractivity contribution >= 4 is 5.91 Å². The Morgan fingerprint density at radius 2 is 1.85 bits per heavy atom. The standard InChI is InChI=1S/C29H39NO4/c1-5-9-22-18-26(23-10-7-6-8-11-23)34-29(20-22)14-16-30(17-15-29)28(31)24-12-13-25(33-21(2)3)27(19-24)32-4/h6-8,10-13,19,21-22,26H,5,9,14-18,20H2,1-4H3. The molecule has 5 nitrogen and oxygen atoms in total. The van der Waals surface area contributed by atoms with Crippen LogP contribution < -0.4 is 9.47 Å². The average Bonchev–Trinajstić information content (AvgIpc) is 2.84. The molecule has 2 fully saturated rings. The molecule has 2 aliphatic heterocycles. The molecular weight excluding hydrogens is 426 g/mol. The fraction of sp³-hybridized carbons (Fsp3) is 0.552. The number of rotatable bonds is 7. The van der Waals surface area contributed by atoms with Crippen LogP contribution in [0.3, 0.4) is 0 Å². The van der Waals surface area contributed by atoms with Crippen molar-refractivity contribution in [3.05, 3.63) is 59.7 Å². The second-order valence-electron chi connectivity index (χ2n) is 10.1. The van der Waals surface area contributed by atoms with Crippen molar-refractivity contribution < 1.29 is 19.0 Å². The minimum atomic E-state index is -0.137. The molecule has 0 aliphatic carbocycles. The Labute approximate surface area is 204 Å². The summed E-state index contributed by atoms with van der Waals surface area (Å²) in [5.74, 6) is 1.97. The molecule has 2 aromatic rings. The van der Waals surface area contributed by atoms with Crippen molar-refractivity contribution in [3.63, 3.8) is 0 Å². The number of amides is 1. The van der Waals surface area contributed by atoms with Gasteiger partial charge < -0.3 is 19.1 Å². The molecule has 34 heavy (non-hydrogen) atoms. The molecular formula is C29H39NO4. The van der Waals surface area contributed by atoms with Gasteiger partial charge in [0.2, 0.25) is 0 Å². The Bertz CT molecular complexity index is 950. The van der Waals surface area contributed by atoms with Crippen molar-refractivity contribution in [3.8, 4) is 11.5 Å². The maximum absolute atomic E-state index is 13.3. The predicted molar refractivity (Wildman–Crippen MR) is 135 cm³/mol. The molecule has 0 radical (unpaired) electrons. The fourth-order valence-electron chi connectivity index (χ4n) is 5.58. The Kier molecular flexibility index (Phi) is 7.82. The molecule has 2 aromatic carbocycles. The van der Waals surface area contributed by atoms with Gasteiger partial charge in [0, 0.05) is 18.7 Å². The number of carbonyl (C=O) groups is 1. The van der Waals surface area contributed by atoms with Gasteiger partial charge in [-0.15, -0.1) is 0 Å². The van der Waals surface area contributed by atoms with Crippen molar-refractivity contribution in [1.82, 2.24) is 4.90 Å². The molecule has 4 rings (SSSR count). The van der Waals surface area contributed by atoms with E-state index in [2.05, 4.69) is 37.3 Å². The van der Waals surface area contributed by atoms with Crippen LogP contribution in [0.4, 0.5) is 0 Å². The van der Waals surface area contributed by atoms with E-state index in [0.29, 0.717) is 36.1 Å². The van der Waals surface area contributed by atoms with E-state index in [1.54, 1.807) is 13.2 Å². The van der Waals surface area contributed by atoms with Crippen molar-refractivity contribution in [2.45, 2.75) is 77.1 Å². The zero-order valence-corrected chi connectivity index (χ0v) is 21.1. The van der Waals surface area contributed by atoms with Crippen LogP contribution in [0.2, 0.25) is 0 Å². The van der Waals surface area contributed by atoms with Gasteiger partial charge >= 0.3 is 0 Å². The maximum atomic E-state index is 13.3. The Hall–Kier alpha value is -2.53. The van der Waals surface area contributed by atoms with E-state index in [0.717, 1.165) is 25.7 Å². The molecule has 2 unspecified atom stereocenters. The van der Waals surface area contributed by atoms with Gasteiger partial charge in [0.05, 0.1) is 24.9 Å². The third kappa shape index (κ3) is 5.57. The summed E-state index contributed by atoms with van der Waals surface area (Å²) < 4.78 is 18.1. The number of ether oxygens (including phenoxy) is 3. The zero-order valence-electron chi connectivity index (χ0n) is 21.1. The summed E-state index contributed by atoms with van der Waals surface area (Å²) in [7, 11) is 1.61. The number of likely N-dealkylation sites (tertiary alicyclic amines) is 1. The number of piperidine rings is 1. The Morgan fingerprint density at radius 1 is 1.12 bits per heavy atom. The first-order valence-corrected chi connectivity index (χ1v) is 12.8. The second-order valence-corrected chi connectivity index (χ2v) is 10.1. The Balaban J connectivity index is 1.45. The number of benzene rings is 2. The lowest BCUT2D eigenvalue weighted by Crippen LogP contribution is -2.51. The SMILES string of the molecule is CCCC1CC(c2ccccc2)OC2(CCN(C(=O)c3ccc(OC(C)C)c(OC)c3)CC2)C1. The van der Waals surface area contributed by atoms with Gasteiger partial charge in [0.15, 0.2) is 11.5 Å². The lowest BCUT2D eigenvalue weighted by atomic mass is 9.75. The van der Waals surface area contributed by atoms with Crippen LogP contribution in [-0.4, -0.2) is 42.7 Å². The van der Waals surface area contributed by atoms with Crippen LogP contribution >= 0.6 is 0 Å². The first-order chi connectivity index (χ1) is 16.4. The van der Waals surface area contributed by atoms with E-state index in [1.807, 2.05) is 30.9 Å². The van der Waals surface area contributed by atoms with Crippen LogP contribution in [0, 0.1) is 5.92 Å². The largest absolute Gasteiger partial charge is 0.493 e. The minimum Gasteiger partial charge on any atom is -0.493 e. The van der Waals surface area contributed by atoms with Gasteiger partial charge in [0.1, 0.15) is 0 Å². The highest BCUT2D eigenvalue weighted by atomic mass is 16.5. The van der Waals surface area contributed by atoms with Crippen molar-refractivity contribution in [1.29, 1.82) is 0 Å². The third-order valence-electron chi connectivity index (χ3n) is 7.20. The Morgan fingerprint density at radius 3 is 2.50 bits per heavy atom. The molecule has 0 N–H and O–H groups in total. The predicted octanol–water partition coefficient (Wildman–Crippen LogP) is 6.43. The summed E-state index contributed by atoms with van der Waals surface area (Å²) in [6.45, 7) is 7.65. The zero-order chi connectivity index (χ0) is 24.1. The second kappa shape index (κ2) is 10.8. The molecule has 0 aromatic heterocycles. The smallest absolute Gasteiger partial charge is 0.253 e. The van der Waals surface area contributed by atoms with E-state index in [-0.39, 0.29) is 23.7 Å². The summed E-state index contributed by atoms with van der Waals surface area (Å²) in [6, 6.07) is 16.1. The number of methoxy groups -OCH3 is 1. The van der Waals surface area contributed by atoms with E-state index in [1.165, 1.54) is 18.4 Å². The average molecular weight is 466 g/mol. The minimum absolute atomic E-state index is 0.0421. The van der Waals surface area contributed by atoms with Crippen LogP contribution in [0.15, 0.2) is 48.5 Å². The molecule has 2 saturated heterocycles. The topological polar surface area (TPSA) is 48.0 Å². The van der Waals surface area contributed by atoms with Gasteiger partial charge in [-0.1, -0.05) is 50.1 Å².